The van der Waals surface area contributed by atoms with Gasteiger partial charge in [-0.3, -0.25) is 14.5 Å². The zero-order valence-corrected chi connectivity index (χ0v) is 13.7. The van der Waals surface area contributed by atoms with Crippen LogP contribution >= 0.6 is 11.3 Å². The summed E-state index contributed by atoms with van der Waals surface area (Å²) in [4.78, 5) is 31.3. The van der Waals surface area contributed by atoms with Crippen molar-refractivity contribution in [1.29, 1.82) is 0 Å². The summed E-state index contributed by atoms with van der Waals surface area (Å²) >= 11 is 1.31. The van der Waals surface area contributed by atoms with Crippen molar-refractivity contribution in [2.45, 2.75) is 39.7 Å². The second-order valence-corrected chi connectivity index (χ2v) is 6.72. The van der Waals surface area contributed by atoms with Crippen molar-refractivity contribution < 1.29 is 9.59 Å². The van der Waals surface area contributed by atoms with Crippen molar-refractivity contribution in [3.05, 3.63) is 46.0 Å². The molecule has 1 heterocycles. The minimum atomic E-state index is -0.0358. The molecule has 1 amide bonds. The van der Waals surface area contributed by atoms with Gasteiger partial charge in [-0.25, -0.2) is 4.98 Å². The number of hydrogen-bond donors (Lipinski definition) is 0. The molecule has 3 rings (SSSR count). The summed E-state index contributed by atoms with van der Waals surface area (Å²) in [7, 11) is 0. The first-order valence-corrected chi connectivity index (χ1v) is 8.17. The number of thiazole rings is 1. The van der Waals surface area contributed by atoms with Crippen LogP contribution in [0, 0.1) is 13.8 Å². The Labute approximate surface area is 133 Å². The zero-order valence-electron chi connectivity index (χ0n) is 12.9. The highest BCUT2D eigenvalue weighted by molar-refractivity contribution is 7.17. The number of nitrogens with zero attached hydrogens (tertiary/aromatic N) is 2. The van der Waals surface area contributed by atoms with Gasteiger partial charge in [-0.1, -0.05) is 29.0 Å². The Balaban J connectivity index is 1.96. The Hall–Kier alpha value is -2.01. The second kappa shape index (κ2) is 5.65. The smallest absolute Gasteiger partial charge is 0.260 e. The van der Waals surface area contributed by atoms with Crippen LogP contribution in [0.4, 0.5) is 5.13 Å². The lowest BCUT2D eigenvalue weighted by Gasteiger charge is -2.19. The van der Waals surface area contributed by atoms with Gasteiger partial charge in [0.05, 0.1) is 10.6 Å². The third kappa shape index (κ3) is 2.81. The summed E-state index contributed by atoms with van der Waals surface area (Å²) < 4.78 is 0. The van der Waals surface area contributed by atoms with E-state index in [0.29, 0.717) is 21.3 Å². The fourth-order valence-electron chi connectivity index (χ4n) is 2.39. The highest BCUT2D eigenvalue weighted by atomic mass is 32.1. The van der Waals surface area contributed by atoms with Crippen molar-refractivity contribution >= 4 is 28.2 Å². The summed E-state index contributed by atoms with van der Waals surface area (Å²) in [6, 6.07) is 7.77. The van der Waals surface area contributed by atoms with E-state index in [1.165, 1.54) is 18.3 Å². The molecule has 1 aromatic carbocycles. The maximum absolute atomic E-state index is 12.8. The average molecular weight is 314 g/mol. The van der Waals surface area contributed by atoms with Crippen LogP contribution in [0.15, 0.2) is 24.3 Å². The molecule has 0 saturated heterocycles. The van der Waals surface area contributed by atoms with Crippen molar-refractivity contribution in [2.24, 2.45) is 0 Å². The minimum Gasteiger partial charge on any atom is -0.294 e. The van der Waals surface area contributed by atoms with Crippen LogP contribution in [-0.2, 0) is 0 Å². The monoisotopic (exact) mass is 314 g/mol. The molecule has 1 aromatic heterocycles. The Morgan fingerprint density at radius 1 is 1.18 bits per heavy atom. The molecule has 1 aliphatic rings. The molecule has 5 heteroatoms. The van der Waals surface area contributed by atoms with Crippen molar-refractivity contribution in [1.82, 2.24) is 4.98 Å². The molecule has 1 saturated carbocycles. The second-order valence-electron chi connectivity index (χ2n) is 5.74. The summed E-state index contributed by atoms with van der Waals surface area (Å²) in [6.07, 6.45) is 1.98. The van der Waals surface area contributed by atoms with Crippen LogP contribution in [0.25, 0.3) is 0 Å². The lowest BCUT2D eigenvalue weighted by atomic mass is 10.1. The average Bonchev–Trinajstić information content (AvgIpc) is 3.22. The first-order valence-electron chi connectivity index (χ1n) is 7.36. The Morgan fingerprint density at radius 2 is 1.82 bits per heavy atom. The van der Waals surface area contributed by atoms with E-state index >= 15 is 0 Å². The number of anilines is 1. The number of hydrogen-bond acceptors (Lipinski definition) is 4. The number of carbonyl (C=O) groups is 2. The van der Waals surface area contributed by atoms with Crippen LogP contribution in [-0.4, -0.2) is 22.7 Å². The molecule has 0 spiro atoms. The van der Waals surface area contributed by atoms with Gasteiger partial charge in [-0.05, 0) is 38.8 Å². The van der Waals surface area contributed by atoms with Crippen molar-refractivity contribution in [3.63, 3.8) is 0 Å². The molecule has 0 bridgehead atoms. The SMILES string of the molecule is CC(=O)c1sc(N(C(=O)c2ccc(C)cc2)C2CC2)nc1C. The fourth-order valence-corrected chi connectivity index (χ4v) is 3.42. The number of ketones is 1. The maximum atomic E-state index is 12.8. The van der Waals surface area contributed by atoms with Crippen LogP contribution in [0.3, 0.4) is 0 Å². The molecular weight excluding hydrogens is 296 g/mol. The fraction of sp³-hybridized carbons (Fsp3) is 0.353. The molecule has 0 unspecified atom stereocenters. The summed E-state index contributed by atoms with van der Waals surface area (Å²) in [6.45, 7) is 5.35. The number of benzene rings is 1. The van der Waals surface area contributed by atoms with Crippen LogP contribution < -0.4 is 4.90 Å². The third-order valence-corrected chi connectivity index (χ3v) is 5.00. The van der Waals surface area contributed by atoms with E-state index in [2.05, 4.69) is 4.98 Å². The molecule has 0 radical (unpaired) electrons. The number of aromatic nitrogens is 1. The highest BCUT2D eigenvalue weighted by Crippen LogP contribution is 2.36. The van der Waals surface area contributed by atoms with Crippen molar-refractivity contribution in [2.75, 3.05) is 4.90 Å². The summed E-state index contributed by atoms with van der Waals surface area (Å²) in [5.41, 5.74) is 2.49. The van der Waals surface area contributed by atoms with Gasteiger partial charge in [0.25, 0.3) is 5.91 Å². The van der Waals surface area contributed by atoms with Crippen molar-refractivity contribution in [3.8, 4) is 0 Å². The predicted octanol–water partition coefficient (Wildman–Crippen LogP) is 3.77. The summed E-state index contributed by atoms with van der Waals surface area (Å²) in [5.74, 6) is -0.0360. The van der Waals surface area contributed by atoms with Gasteiger partial charge < -0.3 is 0 Å². The normalized spacial score (nSPS) is 14.0. The lowest BCUT2D eigenvalue weighted by Crippen LogP contribution is -2.33. The molecule has 2 aromatic rings. The Morgan fingerprint density at radius 3 is 2.32 bits per heavy atom. The highest BCUT2D eigenvalue weighted by Gasteiger charge is 2.36. The van der Waals surface area contributed by atoms with Crippen LogP contribution in [0.1, 0.15) is 51.1 Å². The van der Waals surface area contributed by atoms with Gasteiger partial charge in [0.1, 0.15) is 0 Å². The number of aryl methyl sites for hydroxylation is 2. The van der Waals surface area contributed by atoms with E-state index in [9.17, 15) is 9.59 Å². The van der Waals surface area contributed by atoms with Gasteiger partial charge >= 0.3 is 0 Å². The van der Waals surface area contributed by atoms with Crippen LogP contribution in [0.2, 0.25) is 0 Å². The quantitative estimate of drug-likeness (QED) is 0.807. The molecule has 0 aliphatic heterocycles. The first kappa shape index (κ1) is 14.9. The third-order valence-electron chi connectivity index (χ3n) is 3.74. The molecule has 22 heavy (non-hydrogen) atoms. The molecule has 1 fully saturated rings. The van der Waals surface area contributed by atoms with E-state index in [-0.39, 0.29) is 17.7 Å². The minimum absolute atomic E-state index is 0.000202. The standard InChI is InChI=1S/C17H18N2O2S/c1-10-4-6-13(7-5-10)16(21)19(14-8-9-14)17-18-11(2)15(22-17)12(3)20/h4-7,14H,8-9H2,1-3H3. The molecule has 0 N–H and O–H groups in total. The number of Topliss-reactive ketones (excluding diaryl/α,β-unsaturated/α-hetero) is 1. The number of rotatable bonds is 4. The molecular formula is C17H18N2O2S. The van der Waals surface area contributed by atoms with E-state index in [1.54, 1.807) is 4.90 Å². The van der Waals surface area contributed by atoms with E-state index in [4.69, 9.17) is 0 Å². The van der Waals surface area contributed by atoms with Gasteiger partial charge in [-0.15, -0.1) is 0 Å². The Kier molecular flexibility index (Phi) is 3.83. The predicted molar refractivity (Wildman–Crippen MR) is 87.9 cm³/mol. The summed E-state index contributed by atoms with van der Waals surface area (Å²) in [5, 5.41) is 0.635. The number of carbonyl (C=O) groups excluding carboxylic acids is 2. The molecule has 0 atom stereocenters. The van der Waals surface area contributed by atoms with Gasteiger partial charge in [-0.2, -0.15) is 0 Å². The molecule has 114 valence electrons. The van der Waals surface area contributed by atoms with E-state index in [1.807, 2.05) is 38.1 Å². The van der Waals surface area contributed by atoms with E-state index in [0.717, 1.165) is 18.4 Å². The Bertz CT molecular complexity index is 730. The topological polar surface area (TPSA) is 50.3 Å². The van der Waals surface area contributed by atoms with E-state index < -0.39 is 0 Å². The van der Waals surface area contributed by atoms with Gasteiger partial charge in [0, 0.05) is 18.5 Å². The number of amides is 1. The maximum Gasteiger partial charge on any atom is 0.260 e. The van der Waals surface area contributed by atoms with Gasteiger partial charge in [0.15, 0.2) is 10.9 Å². The van der Waals surface area contributed by atoms with Crippen LogP contribution in [0.5, 0.6) is 0 Å². The lowest BCUT2D eigenvalue weighted by molar-refractivity contribution is 0.0983. The van der Waals surface area contributed by atoms with Gasteiger partial charge in [0.2, 0.25) is 0 Å². The molecule has 4 nitrogen and oxygen atoms in total. The molecule has 1 aliphatic carbocycles. The largest absolute Gasteiger partial charge is 0.294 e. The first-order chi connectivity index (χ1) is 10.5. The zero-order chi connectivity index (χ0) is 15.9.